The Hall–Kier alpha value is -2.05. The molecule has 1 N–H and O–H groups in total. The first-order valence-corrected chi connectivity index (χ1v) is 6.40. The maximum atomic E-state index is 13.2. The summed E-state index contributed by atoms with van der Waals surface area (Å²) in [6.07, 6.45) is -1.41. The number of halogens is 4. The molecule has 0 aliphatic heterocycles. The van der Waals surface area contributed by atoms with Gasteiger partial charge < -0.3 is 9.88 Å². The number of rotatable bonds is 4. The number of nitrogens with one attached hydrogen (secondary N) is 1. The Kier molecular flexibility index (Phi) is 4.20. The molecule has 1 aromatic carbocycles. The molecule has 21 heavy (non-hydrogen) atoms. The SMILES string of the molecule is CC(C)n1cncc1CNc1ccc(F)c(C(F)(F)F)c1. The van der Waals surface area contributed by atoms with Crippen molar-refractivity contribution in [1.29, 1.82) is 0 Å². The van der Waals surface area contributed by atoms with Gasteiger partial charge >= 0.3 is 6.18 Å². The summed E-state index contributed by atoms with van der Waals surface area (Å²) in [5, 5.41) is 2.85. The van der Waals surface area contributed by atoms with Gasteiger partial charge in [0, 0.05) is 17.9 Å². The molecule has 0 radical (unpaired) electrons. The first-order valence-electron chi connectivity index (χ1n) is 6.40. The zero-order valence-electron chi connectivity index (χ0n) is 11.6. The maximum absolute atomic E-state index is 13.2. The van der Waals surface area contributed by atoms with E-state index in [4.69, 9.17) is 0 Å². The van der Waals surface area contributed by atoms with Crippen molar-refractivity contribution in [2.24, 2.45) is 0 Å². The standard InChI is InChI=1S/C14H15F4N3/c1-9(2)21-8-19-6-11(21)7-20-10-3-4-13(15)12(5-10)14(16,17)18/h3-6,8-9,20H,7H2,1-2H3. The Morgan fingerprint density at radius 3 is 2.62 bits per heavy atom. The molecule has 114 valence electrons. The molecule has 0 spiro atoms. The van der Waals surface area contributed by atoms with Crippen LogP contribution < -0.4 is 5.32 Å². The molecule has 0 fully saturated rings. The average Bonchev–Trinajstić information content (AvgIpc) is 2.85. The summed E-state index contributed by atoms with van der Waals surface area (Å²) in [5.74, 6) is -1.28. The van der Waals surface area contributed by atoms with Crippen LogP contribution in [0, 0.1) is 5.82 Å². The van der Waals surface area contributed by atoms with E-state index in [1.807, 2.05) is 18.4 Å². The highest BCUT2D eigenvalue weighted by molar-refractivity contribution is 5.47. The molecule has 0 unspecified atom stereocenters. The third-order valence-electron chi connectivity index (χ3n) is 3.05. The van der Waals surface area contributed by atoms with Crippen molar-refractivity contribution >= 4 is 5.69 Å². The van der Waals surface area contributed by atoms with Crippen LogP contribution in [0.2, 0.25) is 0 Å². The number of nitrogens with zero attached hydrogens (tertiary/aromatic N) is 2. The molecular formula is C14H15F4N3. The summed E-state index contributed by atoms with van der Waals surface area (Å²) in [5.41, 5.74) is -0.229. The minimum atomic E-state index is -4.71. The van der Waals surface area contributed by atoms with Gasteiger partial charge in [-0.15, -0.1) is 0 Å². The highest BCUT2D eigenvalue weighted by Gasteiger charge is 2.34. The van der Waals surface area contributed by atoms with E-state index in [0.717, 1.165) is 17.8 Å². The molecule has 2 rings (SSSR count). The number of hydrogen-bond acceptors (Lipinski definition) is 2. The summed E-state index contributed by atoms with van der Waals surface area (Å²) in [4.78, 5) is 4.01. The van der Waals surface area contributed by atoms with Crippen LogP contribution in [0.25, 0.3) is 0 Å². The van der Waals surface area contributed by atoms with Gasteiger partial charge in [0.25, 0.3) is 0 Å². The largest absolute Gasteiger partial charge is 0.419 e. The fraction of sp³-hybridized carbons (Fsp3) is 0.357. The van der Waals surface area contributed by atoms with Crippen molar-refractivity contribution in [1.82, 2.24) is 9.55 Å². The van der Waals surface area contributed by atoms with Crippen LogP contribution in [0.3, 0.4) is 0 Å². The number of imidazole rings is 1. The van der Waals surface area contributed by atoms with Crippen LogP contribution in [0.15, 0.2) is 30.7 Å². The molecule has 0 saturated heterocycles. The molecule has 3 nitrogen and oxygen atoms in total. The smallest absolute Gasteiger partial charge is 0.379 e. The van der Waals surface area contributed by atoms with Crippen LogP contribution in [-0.4, -0.2) is 9.55 Å². The molecular weight excluding hydrogens is 286 g/mol. The molecule has 1 heterocycles. The van der Waals surface area contributed by atoms with Gasteiger partial charge in [-0.3, -0.25) is 0 Å². The number of alkyl halides is 3. The maximum Gasteiger partial charge on any atom is 0.419 e. The van der Waals surface area contributed by atoms with Gasteiger partial charge in [0.05, 0.1) is 24.1 Å². The molecule has 0 amide bonds. The van der Waals surface area contributed by atoms with E-state index < -0.39 is 17.6 Å². The number of benzene rings is 1. The van der Waals surface area contributed by atoms with Gasteiger partial charge in [-0.25, -0.2) is 9.37 Å². The quantitative estimate of drug-likeness (QED) is 0.856. The van der Waals surface area contributed by atoms with Crippen molar-refractivity contribution in [2.45, 2.75) is 32.6 Å². The third-order valence-corrected chi connectivity index (χ3v) is 3.05. The second-order valence-electron chi connectivity index (χ2n) is 4.93. The monoisotopic (exact) mass is 301 g/mol. The topological polar surface area (TPSA) is 29.9 Å². The van der Waals surface area contributed by atoms with Gasteiger partial charge in [-0.05, 0) is 32.0 Å². The fourth-order valence-corrected chi connectivity index (χ4v) is 1.98. The minimum Gasteiger partial charge on any atom is -0.379 e. The lowest BCUT2D eigenvalue weighted by atomic mass is 10.2. The second kappa shape index (κ2) is 5.75. The van der Waals surface area contributed by atoms with Crippen LogP contribution in [0.1, 0.15) is 31.1 Å². The highest BCUT2D eigenvalue weighted by Crippen LogP contribution is 2.33. The molecule has 0 saturated carbocycles. The van der Waals surface area contributed by atoms with Crippen molar-refractivity contribution in [3.63, 3.8) is 0 Å². The fourth-order valence-electron chi connectivity index (χ4n) is 1.98. The van der Waals surface area contributed by atoms with E-state index >= 15 is 0 Å². The van der Waals surface area contributed by atoms with Gasteiger partial charge in [-0.1, -0.05) is 0 Å². The number of hydrogen-bond donors (Lipinski definition) is 1. The highest BCUT2D eigenvalue weighted by atomic mass is 19.4. The van der Waals surface area contributed by atoms with Crippen molar-refractivity contribution in [3.8, 4) is 0 Å². The van der Waals surface area contributed by atoms with Crippen LogP contribution in [0.4, 0.5) is 23.2 Å². The predicted molar refractivity (Wildman–Crippen MR) is 71.3 cm³/mol. The first-order chi connectivity index (χ1) is 9.79. The Labute approximate surface area is 119 Å². The van der Waals surface area contributed by atoms with E-state index in [2.05, 4.69) is 10.3 Å². The molecule has 0 bridgehead atoms. The van der Waals surface area contributed by atoms with E-state index in [-0.39, 0.29) is 11.7 Å². The Morgan fingerprint density at radius 2 is 2.00 bits per heavy atom. The normalized spacial score (nSPS) is 12.0. The van der Waals surface area contributed by atoms with Crippen LogP contribution in [-0.2, 0) is 12.7 Å². The molecule has 0 atom stereocenters. The third kappa shape index (κ3) is 3.53. The van der Waals surface area contributed by atoms with Gasteiger partial charge in [0.1, 0.15) is 5.82 Å². The molecule has 0 aliphatic rings. The van der Waals surface area contributed by atoms with Crippen LogP contribution >= 0.6 is 0 Å². The molecule has 0 aliphatic carbocycles. The summed E-state index contributed by atoms with van der Waals surface area (Å²) < 4.78 is 53.0. The van der Waals surface area contributed by atoms with Crippen molar-refractivity contribution in [3.05, 3.63) is 47.8 Å². The van der Waals surface area contributed by atoms with Crippen LogP contribution in [0.5, 0.6) is 0 Å². The average molecular weight is 301 g/mol. The van der Waals surface area contributed by atoms with Gasteiger partial charge in [-0.2, -0.15) is 13.2 Å². The van der Waals surface area contributed by atoms with E-state index in [1.54, 1.807) is 12.5 Å². The summed E-state index contributed by atoms with van der Waals surface area (Å²) in [7, 11) is 0. The Morgan fingerprint density at radius 1 is 1.29 bits per heavy atom. The molecule has 1 aromatic heterocycles. The van der Waals surface area contributed by atoms with E-state index in [9.17, 15) is 17.6 Å². The van der Waals surface area contributed by atoms with Crippen molar-refractivity contribution < 1.29 is 17.6 Å². The van der Waals surface area contributed by atoms with E-state index in [0.29, 0.717) is 6.54 Å². The number of anilines is 1. The lowest BCUT2D eigenvalue weighted by molar-refractivity contribution is -0.139. The molecule has 2 aromatic rings. The summed E-state index contributed by atoms with van der Waals surface area (Å²) in [6.45, 7) is 4.26. The van der Waals surface area contributed by atoms with Gasteiger partial charge in [0.2, 0.25) is 0 Å². The zero-order chi connectivity index (χ0) is 15.6. The van der Waals surface area contributed by atoms with Gasteiger partial charge in [0.15, 0.2) is 0 Å². The minimum absolute atomic E-state index is 0.197. The lowest BCUT2D eigenvalue weighted by Crippen LogP contribution is -2.11. The zero-order valence-corrected chi connectivity index (χ0v) is 11.6. The van der Waals surface area contributed by atoms with Crippen molar-refractivity contribution in [2.75, 3.05) is 5.32 Å². The second-order valence-corrected chi connectivity index (χ2v) is 4.93. The predicted octanol–water partition coefficient (Wildman–Crippen LogP) is 4.23. The lowest BCUT2D eigenvalue weighted by Gasteiger charge is -2.14. The first kappa shape index (κ1) is 15.3. The molecule has 7 heteroatoms. The Bertz CT molecular complexity index is 617. The Balaban J connectivity index is 2.16. The van der Waals surface area contributed by atoms with E-state index in [1.165, 1.54) is 6.07 Å². The number of aromatic nitrogens is 2. The summed E-state index contributed by atoms with van der Waals surface area (Å²) >= 11 is 0. The summed E-state index contributed by atoms with van der Waals surface area (Å²) in [6, 6.07) is 3.06.